The largest absolute Gasteiger partial charge is 0.303 e. The molecule has 0 spiro atoms. The Morgan fingerprint density at radius 2 is 1.60 bits per heavy atom. The molecule has 0 saturated heterocycles. The molecule has 2 heteroatoms. The summed E-state index contributed by atoms with van der Waals surface area (Å²) in [5, 5.41) is 3.75. The molecular formula is C18H22BrN. The van der Waals surface area contributed by atoms with Gasteiger partial charge in [-0.1, -0.05) is 71.7 Å². The molecule has 0 bridgehead atoms. The van der Waals surface area contributed by atoms with Crippen LogP contribution in [0.4, 0.5) is 0 Å². The van der Waals surface area contributed by atoms with Gasteiger partial charge in [0.2, 0.25) is 0 Å². The van der Waals surface area contributed by atoms with Crippen LogP contribution < -0.4 is 5.32 Å². The number of halogens is 1. The summed E-state index contributed by atoms with van der Waals surface area (Å²) in [6, 6.07) is 20.0. The van der Waals surface area contributed by atoms with Crippen LogP contribution >= 0.6 is 15.9 Å². The summed E-state index contributed by atoms with van der Waals surface area (Å²) in [6.07, 6.45) is 2.34. The lowest BCUT2D eigenvalue weighted by Crippen LogP contribution is -2.24. The summed E-state index contributed by atoms with van der Waals surface area (Å²) >= 11 is 3.49. The van der Waals surface area contributed by atoms with E-state index in [0.29, 0.717) is 12.1 Å². The van der Waals surface area contributed by atoms with Crippen LogP contribution in [0, 0.1) is 0 Å². The van der Waals surface area contributed by atoms with Gasteiger partial charge in [0, 0.05) is 16.6 Å². The third kappa shape index (κ3) is 4.19. The fraction of sp³-hybridized carbons (Fsp3) is 0.333. The molecule has 0 amide bonds. The van der Waals surface area contributed by atoms with Gasteiger partial charge in [-0.05, 0) is 36.6 Å². The van der Waals surface area contributed by atoms with Gasteiger partial charge in [-0.15, -0.1) is 0 Å². The molecule has 2 aromatic carbocycles. The maximum atomic E-state index is 3.75. The van der Waals surface area contributed by atoms with Crippen molar-refractivity contribution >= 4 is 15.9 Å². The van der Waals surface area contributed by atoms with Crippen molar-refractivity contribution in [2.24, 2.45) is 0 Å². The van der Waals surface area contributed by atoms with E-state index in [1.807, 2.05) is 0 Å². The summed E-state index contributed by atoms with van der Waals surface area (Å²) in [7, 11) is 0. The van der Waals surface area contributed by atoms with Crippen molar-refractivity contribution in [2.45, 2.75) is 38.8 Å². The van der Waals surface area contributed by atoms with Crippen LogP contribution in [0.3, 0.4) is 0 Å². The Balaban J connectivity index is 2.10. The van der Waals surface area contributed by atoms with Gasteiger partial charge in [0.05, 0.1) is 0 Å². The van der Waals surface area contributed by atoms with Crippen molar-refractivity contribution in [3.05, 3.63) is 70.2 Å². The molecule has 1 nitrogen and oxygen atoms in total. The summed E-state index contributed by atoms with van der Waals surface area (Å²) in [5.41, 5.74) is 2.70. The van der Waals surface area contributed by atoms with Gasteiger partial charge >= 0.3 is 0 Å². The van der Waals surface area contributed by atoms with Gasteiger partial charge in [0.25, 0.3) is 0 Å². The van der Waals surface area contributed by atoms with Gasteiger partial charge in [0.1, 0.15) is 0 Å². The molecule has 106 valence electrons. The highest BCUT2D eigenvalue weighted by atomic mass is 79.9. The fourth-order valence-electron chi connectivity index (χ4n) is 2.47. The van der Waals surface area contributed by atoms with Crippen molar-refractivity contribution in [1.82, 2.24) is 5.32 Å². The van der Waals surface area contributed by atoms with E-state index in [1.54, 1.807) is 0 Å². The van der Waals surface area contributed by atoms with E-state index < -0.39 is 0 Å². The molecule has 0 radical (unpaired) electrons. The minimum absolute atomic E-state index is 0.347. The number of nitrogens with one attached hydrogen (secondary N) is 1. The van der Waals surface area contributed by atoms with E-state index in [1.165, 1.54) is 17.5 Å². The van der Waals surface area contributed by atoms with Gasteiger partial charge in [0.15, 0.2) is 0 Å². The third-order valence-corrected chi connectivity index (χ3v) is 4.13. The molecule has 2 rings (SSSR count). The lowest BCUT2D eigenvalue weighted by atomic mass is 10.00. The fourth-order valence-corrected chi connectivity index (χ4v) is 2.73. The van der Waals surface area contributed by atoms with Gasteiger partial charge in [-0.25, -0.2) is 0 Å². The zero-order valence-electron chi connectivity index (χ0n) is 12.1. The highest BCUT2D eigenvalue weighted by Crippen LogP contribution is 2.24. The molecule has 2 aromatic rings. The van der Waals surface area contributed by atoms with Crippen molar-refractivity contribution in [3.63, 3.8) is 0 Å². The summed E-state index contributed by atoms with van der Waals surface area (Å²) in [4.78, 5) is 0. The molecule has 0 aromatic heterocycles. The minimum atomic E-state index is 0.347. The van der Waals surface area contributed by atoms with Crippen molar-refractivity contribution in [3.8, 4) is 0 Å². The lowest BCUT2D eigenvalue weighted by Gasteiger charge is -2.24. The predicted molar refractivity (Wildman–Crippen MR) is 89.8 cm³/mol. The average molecular weight is 332 g/mol. The smallest absolute Gasteiger partial charge is 0.0325 e. The topological polar surface area (TPSA) is 12.0 Å². The first kappa shape index (κ1) is 15.3. The summed E-state index contributed by atoms with van der Waals surface area (Å²) in [5.74, 6) is 0. The van der Waals surface area contributed by atoms with Crippen LogP contribution in [0.25, 0.3) is 0 Å². The molecule has 0 heterocycles. The number of benzene rings is 2. The first-order chi connectivity index (χ1) is 9.70. The number of rotatable bonds is 6. The van der Waals surface area contributed by atoms with Crippen LogP contribution in [-0.4, -0.2) is 0 Å². The number of hydrogen-bond donors (Lipinski definition) is 1. The predicted octanol–water partition coefficient (Wildman–Crippen LogP) is 5.64. The maximum absolute atomic E-state index is 3.75. The Morgan fingerprint density at radius 1 is 0.950 bits per heavy atom. The Bertz CT molecular complexity index is 507. The normalized spacial score (nSPS) is 13.9. The van der Waals surface area contributed by atoms with Crippen LogP contribution in [0.15, 0.2) is 59.1 Å². The second kappa shape index (κ2) is 7.61. The molecule has 0 fully saturated rings. The van der Waals surface area contributed by atoms with Crippen molar-refractivity contribution < 1.29 is 0 Å². The first-order valence-electron chi connectivity index (χ1n) is 7.27. The average Bonchev–Trinajstić information content (AvgIpc) is 2.48. The Kier molecular flexibility index (Phi) is 5.81. The van der Waals surface area contributed by atoms with E-state index in [4.69, 9.17) is 0 Å². The summed E-state index contributed by atoms with van der Waals surface area (Å²) in [6.45, 7) is 4.47. The third-order valence-electron chi connectivity index (χ3n) is 3.60. The molecule has 1 N–H and O–H groups in total. The van der Waals surface area contributed by atoms with E-state index in [9.17, 15) is 0 Å². The second-order valence-electron chi connectivity index (χ2n) is 5.19. The van der Waals surface area contributed by atoms with E-state index in [0.717, 1.165) is 10.9 Å². The van der Waals surface area contributed by atoms with Crippen LogP contribution in [0.2, 0.25) is 0 Å². The van der Waals surface area contributed by atoms with Crippen molar-refractivity contribution in [2.75, 3.05) is 0 Å². The maximum Gasteiger partial charge on any atom is 0.0325 e. The monoisotopic (exact) mass is 331 g/mol. The second-order valence-corrected chi connectivity index (χ2v) is 6.11. The molecule has 20 heavy (non-hydrogen) atoms. The highest BCUT2D eigenvalue weighted by molar-refractivity contribution is 9.10. The number of hydrogen-bond acceptors (Lipinski definition) is 1. The van der Waals surface area contributed by atoms with Gasteiger partial charge in [-0.3, -0.25) is 0 Å². The van der Waals surface area contributed by atoms with Gasteiger partial charge in [-0.2, -0.15) is 0 Å². The molecule has 2 atom stereocenters. The lowest BCUT2D eigenvalue weighted by molar-refractivity contribution is 0.439. The molecule has 2 unspecified atom stereocenters. The first-order valence-corrected chi connectivity index (χ1v) is 8.06. The molecule has 0 aliphatic heterocycles. The molecule has 0 aliphatic carbocycles. The van der Waals surface area contributed by atoms with Crippen LogP contribution in [0.5, 0.6) is 0 Å². The van der Waals surface area contributed by atoms with Gasteiger partial charge < -0.3 is 5.32 Å². The highest BCUT2D eigenvalue weighted by Gasteiger charge is 2.14. The van der Waals surface area contributed by atoms with Crippen LogP contribution in [0.1, 0.15) is 49.9 Å². The van der Waals surface area contributed by atoms with E-state index >= 15 is 0 Å². The molecule has 0 aliphatic rings. The van der Waals surface area contributed by atoms with E-state index in [2.05, 4.69) is 89.7 Å². The molecule has 0 saturated carbocycles. The van der Waals surface area contributed by atoms with E-state index in [-0.39, 0.29) is 0 Å². The Hall–Kier alpha value is -1.12. The van der Waals surface area contributed by atoms with Crippen LogP contribution in [-0.2, 0) is 0 Å². The summed E-state index contributed by atoms with van der Waals surface area (Å²) < 4.78 is 1.13. The minimum Gasteiger partial charge on any atom is -0.303 e. The quantitative estimate of drug-likeness (QED) is 0.722. The van der Waals surface area contributed by atoms with Crippen molar-refractivity contribution in [1.29, 1.82) is 0 Å². The Labute approximate surface area is 130 Å². The Morgan fingerprint density at radius 3 is 2.20 bits per heavy atom. The standard InChI is InChI=1S/C18H22BrN/c1-3-7-18(16-8-5-4-6-9-16)20-14(2)15-10-12-17(19)13-11-15/h4-6,8-14,18,20H,3,7H2,1-2H3. The SMILES string of the molecule is CCCC(NC(C)c1ccc(Br)cc1)c1ccccc1. The zero-order chi connectivity index (χ0) is 14.4. The zero-order valence-corrected chi connectivity index (χ0v) is 13.7. The molecular weight excluding hydrogens is 310 g/mol.